The van der Waals surface area contributed by atoms with Crippen LogP contribution in [0.4, 0.5) is 11.4 Å². The first-order valence-electron chi connectivity index (χ1n) is 17.7. The molecule has 1 unspecified atom stereocenters. The maximum atomic E-state index is 6.81. The molecule has 0 fully saturated rings. The predicted molar refractivity (Wildman–Crippen MR) is 214 cm³/mol. The molecule has 0 amide bonds. The van der Waals surface area contributed by atoms with Gasteiger partial charge in [0.15, 0.2) is 5.58 Å². The molecule has 7 aromatic carbocycles. The quantitative estimate of drug-likeness (QED) is 0.184. The number of fused-ring (bicyclic) bond motifs is 9. The standard InChI is InChI=1S/C48H32N2O/c1-3-14-31(15-4-1)33-28-34(32-16-5-2-6-17-32)30-35(29-33)49(44-26-13-23-41-37-19-8-10-27-45(37)51-48(41)44)43-25-12-22-40-39-21-11-20-38-36-18-7-9-24-42(36)50(46(38)39)47(40)43/h1-29,35H,30H2. The van der Waals surface area contributed by atoms with E-state index in [1.165, 1.54) is 60.4 Å². The highest BCUT2D eigenvalue weighted by atomic mass is 16.3. The van der Waals surface area contributed by atoms with Crippen LogP contribution >= 0.6 is 0 Å². The highest BCUT2D eigenvalue weighted by molar-refractivity contribution is 6.25. The molecule has 3 heterocycles. The lowest BCUT2D eigenvalue weighted by Crippen LogP contribution is -2.31. The number of furan rings is 1. The maximum absolute atomic E-state index is 6.81. The molecule has 3 nitrogen and oxygen atoms in total. The van der Waals surface area contributed by atoms with Crippen LogP contribution in [0.2, 0.25) is 0 Å². The van der Waals surface area contributed by atoms with Crippen LogP contribution in [-0.4, -0.2) is 10.4 Å². The van der Waals surface area contributed by atoms with Crippen LogP contribution < -0.4 is 4.90 Å². The molecule has 0 radical (unpaired) electrons. The molecule has 0 saturated carbocycles. The van der Waals surface area contributed by atoms with Crippen LogP contribution in [-0.2, 0) is 0 Å². The van der Waals surface area contributed by atoms with Gasteiger partial charge in [0.2, 0.25) is 0 Å². The van der Waals surface area contributed by atoms with E-state index < -0.39 is 0 Å². The van der Waals surface area contributed by atoms with E-state index in [4.69, 9.17) is 4.42 Å². The van der Waals surface area contributed by atoms with Gasteiger partial charge in [-0.25, -0.2) is 0 Å². The van der Waals surface area contributed by atoms with Crippen molar-refractivity contribution in [3.05, 3.63) is 187 Å². The molecule has 1 aliphatic carbocycles. The van der Waals surface area contributed by atoms with E-state index in [1.807, 2.05) is 0 Å². The summed E-state index contributed by atoms with van der Waals surface area (Å²) in [5.41, 5.74) is 12.7. The maximum Gasteiger partial charge on any atom is 0.159 e. The van der Waals surface area contributed by atoms with Gasteiger partial charge in [0.05, 0.1) is 34.0 Å². The lowest BCUT2D eigenvalue weighted by Gasteiger charge is -2.36. The molecule has 51 heavy (non-hydrogen) atoms. The van der Waals surface area contributed by atoms with Gasteiger partial charge in [0.1, 0.15) is 5.58 Å². The molecule has 0 saturated heterocycles. The SMILES string of the molecule is C1=C(c2ccccc2)C=C(c2ccccc2)CC1N(c1cccc2c1oc1ccccc12)c1cccc2c3cccc4c5ccccc5n(c12)c43. The number of hydrogen-bond acceptors (Lipinski definition) is 2. The van der Waals surface area contributed by atoms with E-state index in [1.54, 1.807) is 0 Å². The smallest absolute Gasteiger partial charge is 0.159 e. The summed E-state index contributed by atoms with van der Waals surface area (Å²) < 4.78 is 9.32. The highest BCUT2D eigenvalue weighted by Crippen LogP contribution is 2.48. The summed E-state index contributed by atoms with van der Waals surface area (Å²) in [7, 11) is 0. The average molecular weight is 653 g/mol. The molecule has 0 bridgehead atoms. The fourth-order valence-corrected chi connectivity index (χ4v) is 8.67. The number of benzene rings is 7. The molecule has 0 spiro atoms. The Morgan fingerprint density at radius 1 is 0.490 bits per heavy atom. The first kappa shape index (κ1) is 28.3. The largest absolute Gasteiger partial charge is 0.454 e. The van der Waals surface area contributed by atoms with Gasteiger partial charge in [-0.2, -0.15) is 0 Å². The Bertz CT molecular complexity index is 3000. The van der Waals surface area contributed by atoms with Crippen molar-refractivity contribution in [3.8, 4) is 0 Å². The first-order chi connectivity index (χ1) is 25.3. The Morgan fingerprint density at radius 3 is 1.88 bits per heavy atom. The van der Waals surface area contributed by atoms with E-state index in [-0.39, 0.29) is 6.04 Å². The minimum atomic E-state index is -0.0215. The molecular formula is C48H32N2O. The van der Waals surface area contributed by atoms with Crippen LogP contribution in [0.15, 0.2) is 180 Å². The number of hydrogen-bond donors (Lipinski definition) is 0. The van der Waals surface area contributed by atoms with Crippen LogP contribution in [0.3, 0.4) is 0 Å². The Hall–Kier alpha value is -6.58. The molecule has 11 rings (SSSR count). The molecule has 3 heteroatoms. The number of para-hydroxylation sites is 5. The molecule has 3 aromatic heterocycles. The van der Waals surface area contributed by atoms with Gasteiger partial charge in [0.25, 0.3) is 0 Å². The molecule has 1 atom stereocenters. The zero-order valence-corrected chi connectivity index (χ0v) is 27.8. The van der Waals surface area contributed by atoms with Crippen molar-refractivity contribution in [2.75, 3.05) is 4.90 Å². The van der Waals surface area contributed by atoms with Gasteiger partial charge in [-0.05, 0) is 53.0 Å². The third-order valence-corrected chi connectivity index (χ3v) is 10.8. The topological polar surface area (TPSA) is 20.8 Å². The summed E-state index contributed by atoms with van der Waals surface area (Å²) in [6.45, 7) is 0. The van der Waals surface area contributed by atoms with Gasteiger partial charge in [-0.15, -0.1) is 0 Å². The number of allylic oxidation sites excluding steroid dienone is 2. The van der Waals surface area contributed by atoms with E-state index in [9.17, 15) is 0 Å². The first-order valence-corrected chi connectivity index (χ1v) is 17.7. The summed E-state index contributed by atoms with van der Waals surface area (Å²) in [5.74, 6) is 0. The highest BCUT2D eigenvalue weighted by Gasteiger charge is 2.30. The number of rotatable bonds is 5. The minimum absolute atomic E-state index is 0.0215. The van der Waals surface area contributed by atoms with Crippen molar-refractivity contribution >= 4 is 82.6 Å². The van der Waals surface area contributed by atoms with Crippen molar-refractivity contribution < 1.29 is 4.42 Å². The summed E-state index contributed by atoms with van der Waals surface area (Å²) in [6.07, 6.45) is 5.68. The average Bonchev–Trinajstić information content (AvgIpc) is 3.87. The van der Waals surface area contributed by atoms with E-state index in [2.05, 4.69) is 185 Å². The van der Waals surface area contributed by atoms with Crippen LogP contribution in [0.1, 0.15) is 17.5 Å². The van der Waals surface area contributed by atoms with Crippen molar-refractivity contribution in [1.29, 1.82) is 0 Å². The lowest BCUT2D eigenvalue weighted by molar-refractivity contribution is 0.665. The summed E-state index contributed by atoms with van der Waals surface area (Å²) in [4.78, 5) is 2.56. The second-order valence-electron chi connectivity index (χ2n) is 13.6. The van der Waals surface area contributed by atoms with E-state index in [0.717, 1.165) is 39.7 Å². The number of nitrogens with zero attached hydrogens (tertiary/aromatic N) is 2. The van der Waals surface area contributed by atoms with Crippen LogP contribution in [0.5, 0.6) is 0 Å². The molecule has 1 aliphatic rings. The van der Waals surface area contributed by atoms with Crippen LogP contribution in [0.25, 0.3) is 71.2 Å². The van der Waals surface area contributed by atoms with Gasteiger partial charge < -0.3 is 13.7 Å². The van der Waals surface area contributed by atoms with Crippen LogP contribution in [0, 0.1) is 0 Å². The number of aromatic nitrogens is 1. The predicted octanol–water partition coefficient (Wildman–Crippen LogP) is 12.8. The van der Waals surface area contributed by atoms with Crippen molar-refractivity contribution in [2.45, 2.75) is 12.5 Å². The van der Waals surface area contributed by atoms with Gasteiger partial charge >= 0.3 is 0 Å². The van der Waals surface area contributed by atoms with Gasteiger partial charge in [-0.3, -0.25) is 0 Å². The molecule has 10 aromatic rings. The summed E-state index contributed by atoms with van der Waals surface area (Å²) in [5, 5.41) is 7.35. The molecule has 0 N–H and O–H groups in total. The Kier molecular flexibility index (Phi) is 6.08. The third kappa shape index (κ3) is 4.18. The third-order valence-electron chi connectivity index (χ3n) is 10.8. The van der Waals surface area contributed by atoms with E-state index >= 15 is 0 Å². The zero-order chi connectivity index (χ0) is 33.5. The normalized spacial score (nSPS) is 15.0. The van der Waals surface area contributed by atoms with Gasteiger partial charge in [0, 0.05) is 32.3 Å². The Balaban J connectivity index is 1.25. The summed E-state index contributed by atoms with van der Waals surface area (Å²) >= 11 is 0. The molecule has 240 valence electrons. The summed E-state index contributed by atoms with van der Waals surface area (Å²) in [6, 6.07) is 59.0. The second-order valence-corrected chi connectivity index (χ2v) is 13.6. The fraction of sp³-hybridized carbons (Fsp3) is 0.0417. The molecule has 0 aliphatic heterocycles. The lowest BCUT2D eigenvalue weighted by atomic mass is 9.87. The monoisotopic (exact) mass is 652 g/mol. The molecular weight excluding hydrogens is 621 g/mol. The van der Waals surface area contributed by atoms with E-state index in [0.29, 0.717) is 0 Å². The number of anilines is 2. The Labute approximate surface area is 294 Å². The zero-order valence-electron chi connectivity index (χ0n) is 27.8. The van der Waals surface area contributed by atoms with Crippen molar-refractivity contribution in [1.82, 2.24) is 4.40 Å². The van der Waals surface area contributed by atoms with Crippen molar-refractivity contribution in [3.63, 3.8) is 0 Å². The second kappa shape index (κ2) is 11.0. The van der Waals surface area contributed by atoms with Crippen molar-refractivity contribution in [2.24, 2.45) is 0 Å². The Morgan fingerprint density at radius 2 is 1.08 bits per heavy atom. The fourth-order valence-electron chi connectivity index (χ4n) is 8.67. The minimum Gasteiger partial charge on any atom is -0.454 e. The van der Waals surface area contributed by atoms with Gasteiger partial charge in [-0.1, -0.05) is 152 Å².